The Morgan fingerprint density at radius 2 is 1.63 bits per heavy atom. The molecule has 0 aliphatic heterocycles. The second kappa shape index (κ2) is 7.41. The molecule has 0 atom stereocenters. The molecule has 0 heterocycles. The van der Waals surface area contributed by atoms with Crippen molar-refractivity contribution in [2.75, 3.05) is 0 Å². The van der Waals surface area contributed by atoms with Gasteiger partial charge in [0.2, 0.25) is 0 Å². The lowest BCUT2D eigenvalue weighted by Crippen LogP contribution is -2.10. The van der Waals surface area contributed by atoms with E-state index in [9.17, 15) is 14.9 Å². The number of rotatable bonds is 4. The molecule has 0 bridgehead atoms. The standard InChI is InChI=1S/C22H19NO4/c1-14-5-4-6-17(11-14)18-8-10-21(16(3)13-18)27-22(24)19-7-9-20(23(25)26)15(2)12-19/h4-13H,1-3H3. The average molecular weight is 361 g/mol. The van der Waals surface area contributed by atoms with Crippen LogP contribution in [0.3, 0.4) is 0 Å². The maximum Gasteiger partial charge on any atom is 0.343 e. The monoisotopic (exact) mass is 361 g/mol. The second-order valence-corrected chi connectivity index (χ2v) is 6.50. The number of nitro groups is 1. The summed E-state index contributed by atoms with van der Waals surface area (Å²) in [6.45, 7) is 5.51. The molecule has 27 heavy (non-hydrogen) atoms. The van der Waals surface area contributed by atoms with Gasteiger partial charge in [-0.3, -0.25) is 10.1 Å². The third-order valence-corrected chi connectivity index (χ3v) is 4.36. The van der Waals surface area contributed by atoms with E-state index in [-0.39, 0.29) is 11.3 Å². The van der Waals surface area contributed by atoms with E-state index in [0.29, 0.717) is 11.3 Å². The summed E-state index contributed by atoms with van der Waals surface area (Å²) in [5.41, 5.74) is 4.82. The first-order chi connectivity index (χ1) is 12.8. The van der Waals surface area contributed by atoms with Crippen molar-refractivity contribution in [3.8, 4) is 16.9 Å². The van der Waals surface area contributed by atoms with Crippen LogP contribution in [0.2, 0.25) is 0 Å². The molecule has 0 radical (unpaired) electrons. The van der Waals surface area contributed by atoms with Crippen molar-refractivity contribution in [2.24, 2.45) is 0 Å². The fraction of sp³-hybridized carbons (Fsp3) is 0.136. The van der Waals surface area contributed by atoms with Crippen molar-refractivity contribution < 1.29 is 14.5 Å². The van der Waals surface area contributed by atoms with Crippen molar-refractivity contribution in [1.82, 2.24) is 0 Å². The summed E-state index contributed by atoms with van der Waals surface area (Å²) in [6, 6.07) is 18.0. The molecular formula is C22H19NO4. The van der Waals surface area contributed by atoms with E-state index >= 15 is 0 Å². The van der Waals surface area contributed by atoms with Crippen LogP contribution in [-0.2, 0) is 0 Å². The quantitative estimate of drug-likeness (QED) is 0.270. The number of carbonyl (C=O) groups excluding carboxylic acids is 1. The van der Waals surface area contributed by atoms with Crippen LogP contribution >= 0.6 is 0 Å². The summed E-state index contributed by atoms with van der Waals surface area (Å²) in [4.78, 5) is 22.8. The number of nitro benzene ring substituents is 1. The summed E-state index contributed by atoms with van der Waals surface area (Å²) in [7, 11) is 0. The number of carbonyl (C=O) groups is 1. The minimum absolute atomic E-state index is 0.0229. The SMILES string of the molecule is Cc1cccc(-c2ccc(OC(=O)c3ccc([N+](=O)[O-])c(C)c3)c(C)c2)c1. The normalized spacial score (nSPS) is 10.5. The van der Waals surface area contributed by atoms with Gasteiger partial charge in [-0.05, 0) is 61.7 Å². The van der Waals surface area contributed by atoms with Crippen LogP contribution < -0.4 is 4.74 Å². The van der Waals surface area contributed by atoms with Crippen LogP contribution in [0, 0.1) is 30.9 Å². The maximum atomic E-state index is 12.4. The van der Waals surface area contributed by atoms with Gasteiger partial charge in [-0.25, -0.2) is 4.79 Å². The van der Waals surface area contributed by atoms with Crippen LogP contribution in [0.1, 0.15) is 27.0 Å². The zero-order valence-corrected chi connectivity index (χ0v) is 15.4. The van der Waals surface area contributed by atoms with E-state index < -0.39 is 10.9 Å². The van der Waals surface area contributed by atoms with Gasteiger partial charge in [0, 0.05) is 11.6 Å². The Kier molecular flexibility index (Phi) is 5.03. The first-order valence-electron chi connectivity index (χ1n) is 8.50. The highest BCUT2D eigenvalue weighted by molar-refractivity contribution is 5.92. The first-order valence-corrected chi connectivity index (χ1v) is 8.50. The van der Waals surface area contributed by atoms with Gasteiger partial charge < -0.3 is 4.74 Å². The van der Waals surface area contributed by atoms with Crippen LogP contribution in [-0.4, -0.2) is 10.9 Å². The molecular weight excluding hydrogens is 342 g/mol. The molecule has 136 valence electrons. The average Bonchev–Trinajstić information content (AvgIpc) is 2.63. The number of esters is 1. The van der Waals surface area contributed by atoms with Crippen LogP contribution in [0.25, 0.3) is 11.1 Å². The van der Waals surface area contributed by atoms with Crippen molar-refractivity contribution in [1.29, 1.82) is 0 Å². The Morgan fingerprint density at radius 3 is 2.26 bits per heavy atom. The third-order valence-electron chi connectivity index (χ3n) is 4.36. The number of benzene rings is 3. The maximum absolute atomic E-state index is 12.4. The van der Waals surface area contributed by atoms with Crippen molar-refractivity contribution in [2.45, 2.75) is 20.8 Å². The molecule has 0 N–H and O–H groups in total. The predicted octanol–water partition coefficient (Wildman–Crippen LogP) is 5.41. The molecule has 0 saturated carbocycles. The molecule has 5 nitrogen and oxygen atoms in total. The highest BCUT2D eigenvalue weighted by Crippen LogP contribution is 2.28. The lowest BCUT2D eigenvalue weighted by atomic mass is 10.0. The minimum atomic E-state index is -0.542. The minimum Gasteiger partial charge on any atom is -0.423 e. The topological polar surface area (TPSA) is 69.4 Å². The Bertz CT molecular complexity index is 1040. The molecule has 0 unspecified atom stereocenters. The van der Waals surface area contributed by atoms with Crippen molar-refractivity contribution >= 4 is 11.7 Å². The number of hydrogen-bond donors (Lipinski definition) is 0. The van der Waals surface area contributed by atoms with E-state index in [2.05, 4.69) is 6.07 Å². The highest BCUT2D eigenvalue weighted by atomic mass is 16.6. The summed E-state index contributed by atoms with van der Waals surface area (Å²) >= 11 is 0. The van der Waals surface area contributed by atoms with E-state index in [0.717, 1.165) is 16.7 Å². The van der Waals surface area contributed by atoms with Crippen LogP contribution in [0.15, 0.2) is 60.7 Å². The van der Waals surface area contributed by atoms with Crippen molar-refractivity contribution in [3.63, 3.8) is 0 Å². The van der Waals surface area contributed by atoms with Crippen LogP contribution in [0.4, 0.5) is 5.69 Å². The Labute approximate surface area is 157 Å². The molecule has 0 aliphatic rings. The summed E-state index contributed by atoms with van der Waals surface area (Å²) in [5.74, 6) is -0.0770. The zero-order chi connectivity index (χ0) is 19.6. The second-order valence-electron chi connectivity index (χ2n) is 6.50. The fourth-order valence-electron chi connectivity index (χ4n) is 2.91. The first kappa shape index (κ1) is 18.3. The van der Waals surface area contributed by atoms with E-state index in [1.807, 2.05) is 44.2 Å². The van der Waals surface area contributed by atoms with Gasteiger partial charge in [-0.15, -0.1) is 0 Å². The van der Waals surface area contributed by atoms with Gasteiger partial charge in [-0.1, -0.05) is 35.9 Å². The molecule has 0 spiro atoms. The summed E-state index contributed by atoms with van der Waals surface area (Å²) < 4.78 is 5.49. The van der Waals surface area contributed by atoms with Crippen molar-refractivity contribution in [3.05, 3.63) is 93.0 Å². The highest BCUT2D eigenvalue weighted by Gasteiger charge is 2.16. The van der Waals surface area contributed by atoms with E-state index in [4.69, 9.17) is 4.74 Å². The molecule has 0 aliphatic carbocycles. The molecule has 5 heteroatoms. The summed E-state index contributed by atoms with van der Waals surface area (Å²) in [5, 5.41) is 10.9. The van der Waals surface area contributed by atoms with Gasteiger partial charge in [-0.2, -0.15) is 0 Å². The molecule has 0 amide bonds. The third kappa shape index (κ3) is 4.03. The van der Waals surface area contributed by atoms with E-state index in [1.165, 1.54) is 23.8 Å². The molecule has 0 saturated heterocycles. The van der Waals surface area contributed by atoms with Crippen LogP contribution in [0.5, 0.6) is 5.75 Å². The van der Waals surface area contributed by atoms with Gasteiger partial charge >= 0.3 is 5.97 Å². The molecule has 3 aromatic rings. The molecule has 0 aromatic heterocycles. The van der Waals surface area contributed by atoms with Gasteiger partial charge in [0.15, 0.2) is 0 Å². The van der Waals surface area contributed by atoms with Gasteiger partial charge in [0.1, 0.15) is 5.75 Å². The molecule has 3 aromatic carbocycles. The largest absolute Gasteiger partial charge is 0.423 e. The fourth-order valence-corrected chi connectivity index (χ4v) is 2.91. The van der Waals surface area contributed by atoms with E-state index in [1.54, 1.807) is 13.0 Å². The summed E-state index contributed by atoms with van der Waals surface area (Å²) in [6.07, 6.45) is 0. The smallest absolute Gasteiger partial charge is 0.343 e. The Balaban J connectivity index is 1.82. The van der Waals surface area contributed by atoms with Gasteiger partial charge in [0.05, 0.1) is 10.5 Å². The zero-order valence-electron chi connectivity index (χ0n) is 15.4. The predicted molar refractivity (Wildman–Crippen MR) is 104 cm³/mol. The number of aryl methyl sites for hydroxylation is 3. The molecule has 3 rings (SSSR count). The number of hydrogen-bond acceptors (Lipinski definition) is 4. The van der Waals surface area contributed by atoms with Gasteiger partial charge in [0.25, 0.3) is 5.69 Å². The lowest BCUT2D eigenvalue weighted by Gasteiger charge is -2.10. The Hall–Kier alpha value is -3.47. The lowest BCUT2D eigenvalue weighted by molar-refractivity contribution is -0.385. The number of ether oxygens (including phenoxy) is 1. The Morgan fingerprint density at radius 1 is 0.889 bits per heavy atom. The molecule has 0 fully saturated rings. The number of nitrogens with zero attached hydrogens (tertiary/aromatic N) is 1.